The van der Waals surface area contributed by atoms with Gasteiger partial charge in [-0.05, 0) is 13.0 Å². The average molecular weight is 329 g/mol. The minimum Gasteiger partial charge on any atom is -0.337 e. The van der Waals surface area contributed by atoms with Crippen LogP contribution in [0, 0.1) is 12.7 Å². The van der Waals surface area contributed by atoms with Crippen LogP contribution in [-0.2, 0) is 13.0 Å². The van der Waals surface area contributed by atoms with E-state index in [1.54, 1.807) is 13.0 Å². The number of nitrogens with zero attached hydrogens (tertiary/aromatic N) is 4. The molecule has 2 heterocycles. The standard InChI is InChI=1S/C13H11Cl2FN4O/c1-7-17-13(21-19-7)6-20-11-4-8(15)9(16)5-10(11)18-12(20)2-3-14/h4-5H,2-3,6H2,1H3. The predicted molar refractivity (Wildman–Crippen MR) is 77.3 cm³/mol. The highest BCUT2D eigenvalue weighted by atomic mass is 35.5. The number of aryl methyl sites for hydroxylation is 2. The molecule has 0 spiro atoms. The summed E-state index contributed by atoms with van der Waals surface area (Å²) in [5.41, 5.74) is 1.23. The molecule has 3 rings (SSSR count). The molecule has 0 N–H and O–H groups in total. The fourth-order valence-electron chi connectivity index (χ4n) is 2.16. The minimum atomic E-state index is -0.500. The van der Waals surface area contributed by atoms with Crippen LogP contribution in [-0.4, -0.2) is 25.6 Å². The van der Waals surface area contributed by atoms with Crippen LogP contribution in [0.4, 0.5) is 4.39 Å². The smallest absolute Gasteiger partial charge is 0.246 e. The molecule has 0 radical (unpaired) electrons. The quantitative estimate of drug-likeness (QED) is 0.689. The Kier molecular flexibility index (Phi) is 3.82. The van der Waals surface area contributed by atoms with Crippen molar-refractivity contribution >= 4 is 34.2 Å². The van der Waals surface area contributed by atoms with E-state index < -0.39 is 5.82 Å². The molecule has 0 fully saturated rings. The van der Waals surface area contributed by atoms with Gasteiger partial charge in [-0.1, -0.05) is 16.8 Å². The van der Waals surface area contributed by atoms with E-state index in [0.29, 0.717) is 41.6 Å². The van der Waals surface area contributed by atoms with Crippen LogP contribution in [0.25, 0.3) is 11.0 Å². The number of imidazole rings is 1. The molecule has 0 unspecified atom stereocenters. The molecule has 110 valence electrons. The molecule has 2 aromatic heterocycles. The molecule has 0 aliphatic rings. The van der Waals surface area contributed by atoms with Gasteiger partial charge in [0.05, 0.1) is 16.1 Å². The molecule has 8 heteroatoms. The zero-order valence-electron chi connectivity index (χ0n) is 11.1. The van der Waals surface area contributed by atoms with Gasteiger partial charge in [0.1, 0.15) is 18.2 Å². The van der Waals surface area contributed by atoms with Crippen LogP contribution in [0.1, 0.15) is 17.5 Å². The van der Waals surface area contributed by atoms with Crippen molar-refractivity contribution < 1.29 is 8.91 Å². The van der Waals surface area contributed by atoms with E-state index in [-0.39, 0.29) is 5.02 Å². The summed E-state index contributed by atoms with van der Waals surface area (Å²) in [7, 11) is 0. The number of fused-ring (bicyclic) bond motifs is 1. The Hall–Kier alpha value is -1.66. The Labute approximate surface area is 129 Å². The summed E-state index contributed by atoms with van der Waals surface area (Å²) in [6.07, 6.45) is 0.544. The van der Waals surface area contributed by atoms with Crippen LogP contribution < -0.4 is 0 Å². The first-order valence-corrected chi connectivity index (χ1v) is 7.19. The maximum Gasteiger partial charge on any atom is 0.246 e. The first kappa shape index (κ1) is 14.3. The van der Waals surface area contributed by atoms with Crippen molar-refractivity contribution in [3.8, 4) is 0 Å². The molecule has 3 aromatic rings. The first-order chi connectivity index (χ1) is 10.1. The lowest BCUT2D eigenvalue weighted by molar-refractivity contribution is 0.367. The molecule has 0 saturated heterocycles. The van der Waals surface area contributed by atoms with Gasteiger partial charge in [0.15, 0.2) is 5.82 Å². The Morgan fingerprint density at radius 1 is 1.33 bits per heavy atom. The summed E-state index contributed by atoms with van der Waals surface area (Å²) >= 11 is 11.7. The largest absolute Gasteiger partial charge is 0.337 e. The predicted octanol–water partition coefficient (Wildman–Crippen LogP) is 3.35. The first-order valence-electron chi connectivity index (χ1n) is 6.28. The van der Waals surface area contributed by atoms with E-state index in [0.717, 1.165) is 5.82 Å². The average Bonchev–Trinajstić information content (AvgIpc) is 2.97. The molecule has 0 aliphatic carbocycles. The van der Waals surface area contributed by atoms with Gasteiger partial charge in [-0.25, -0.2) is 9.37 Å². The van der Waals surface area contributed by atoms with Crippen molar-refractivity contribution in [2.45, 2.75) is 19.9 Å². The van der Waals surface area contributed by atoms with Gasteiger partial charge >= 0.3 is 0 Å². The third kappa shape index (κ3) is 2.73. The molecule has 0 saturated carbocycles. The third-order valence-corrected chi connectivity index (χ3v) is 3.53. The summed E-state index contributed by atoms with van der Waals surface area (Å²) in [6, 6.07) is 2.85. The maximum absolute atomic E-state index is 13.6. The van der Waals surface area contributed by atoms with E-state index in [9.17, 15) is 4.39 Å². The maximum atomic E-state index is 13.6. The number of rotatable bonds is 4. The Balaban J connectivity index is 2.12. The Morgan fingerprint density at radius 2 is 2.14 bits per heavy atom. The highest BCUT2D eigenvalue weighted by Gasteiger charge is 2.15. The van der Waals surface area contributed by atoms with E-state index in [1.807, 2.05) is 4.57 Å². The van der Waals surface area contributed by atoms with Gasteiger partial charge in [-0.2, -0.15) is 4.98 Å². The molecule has 5 nitrogen and oxygen atoms in total. The highest BCUT2D eigenvalue weighted by molar-refractivity contribution is 6.31. The summed E-state index contributed by atoms with van der Waals surface area (Å²) in [4.78, 5) is 8.56. The molecule has 0 atom stereocenters. The third-order valence-electron chi connectivity index (χ3n) is 3.05. The second-order valence-corrected chi connectivity index (χ2v) is 5.33. The number of alkyl halides is 1. The van der Waals surface area contributed by atoms with Gasteiger partial charge in [0, 0.05) is 18.4 Å². The van der Waals surface area contributed by atoms with E-state index in [1.165, 1.54) is 6.07 Å². The van der Waals surface area contributed by atoms with Crippen LogP contribution in [0.2, 0.25) is 5.02 Å². The Bertz CT molecular complexity index is 799. The van der Waals surface area contributed by atoms with Crippen LogP contribution in [0.5, 0.6) is 0 Å². The number of hydrogen-bond donors (Lipinski definition) is 0. The molecule has 0 bridgehead atoms. The zero-order valence-corrected chi connectivity index (χ0v) is 12.6. The van der Waals surface area contributed by atoms with Gasteiger partial charge in [0.25, 0.3) is 0 Å². The van der Waals surface area contributed by atoms with Gasteiger partial charge < -0.3 is 9.09 Å². The van der Waals surface area contributed by atoms with E-state index in [2.05, 4.69) is 15.1 Å². The lowest BCUT2D eigenvalue weighted by Gasteiger charge is -2.05. The second-order valence-electron chi connectivity index (χ2n) is 4.54. The minimum absolute atomic E-state index is 0.0442. The summed E-state index contributed by atoms with van der Waals surface area (Å²) in [5.74, 6) is 1.63. The summed E-state index contributed by atoms with van der Waals surface area (Å²) < 4.78 is 20.5. The van der Waals surface area contributed by atoms with Crippen molar-refractivity contribution in [1.29, 1.82) is 0 Å². The van der Waals surface area contributed by atoms with Gasteiger partial charge in [-0.3, -0.25) is 0 Å². The summed E-state index contributed by atoms with van der Waals surface area (Å²) in [6.45, 7) is 2.08. The number of hydrogen-bond acceptors (Lipinski definition) is 4. The normalized spacial score (nSPS) is 11.4. The fourth-order valence-corrected chi connectivity index (χ4v) is 2.49. The van der Waals surface area contributed by atoms with Crippen molar-refractivity contribution in [3.63, 3.8) is 0 Å². The molecule has 0 aliphatic heterocycles. The SMILES string of the molecule is Cc1noc(Cn2c(CCCl)nc3cc(F)c(Cl)cc32)n1. The van der Waals surface area contributed by atoms with Crippen molar-refractivity contribution in [3.05, 3.63) is 40.5 Å². The fraction of sp³-hybridized carbons (Fsp3) is 0.308. The van der Waals surface area contributed by atoms with E-state index in [4.69, 9.17) is 27.7 Å². The molecule has 0 amide bonds. The molecule has 21 heavy (non-hydrogen) atoms. The molecular formula is C13H11Cl2FN4O. The lowest BCUT2D eigenvalue weighted by atomic mass is 10.3. The lowest BCUT2D eigenvalue weighted by Crippen LogP contribution is -2.06. The Morgan fingerprint density at radius 3 is 2.81 bits per heavy atom. The number of halogens is 3. The second kappa shape index (κ2) is 5.61. The topological polar surface area (TPSA) is 56.7 Å². The van der Waals surface area contributed by atoms with Crippen molar-refractivity contribution in [1.82, 2.24) is 19.7 Å². The van der Waals surface area contributed by atoms with Crippen LogP contribution in [0.15, 0.2) is 16.7 Å². The zero-order chi connectivity index (χ0) is 15.0. The summed E-state index contributed by atoms with van der Waals surface area (Å²) in [5, 5.41) is 3.80. The number of benzene rings is 1. The van der Waals surface area contributed by atoms with Crippen molar-refractivity contribution in [2.75, 3.05) is 5.88 Å². The van der Waals surface area contributed by atoms with E-state index >= 15 is 0 Å². The van der Waals surface area contributed by atoms with Crippen LogP contribution in [0.3, 0.4) is 0 Å². The molecular weight excluding hydrogens is 318 g/mol. The van der Waals surface area contributed by atoms with Crippen LogP contribution >= 0.6 is 23.2 Å². The number of aromatic nitrogens is 4. The van der Waals surface area contributed by atoms with Crippen molar-refractivity contribution in [2.24, 2.45) is 0 Å². The van der Waals surface area contributed by atoms with Gasteiger partial charge in [0.2, 0.25) is 5.89 Å². The van der Waals surface area contributed by atoms with Gasteiger partial charge in [-0.15, -0.1) is 11.6 Å². The monoisotopic (exact) mass is 328 g/mol. The highest BCUT2D eigenvalue weighted by Crippen LogP contribution is 2.25. The molecule has 1 aromatic carbocycles.